The molecule has 3 aliphatic rings. The molecule has 0 spiro atoms. The van der Waals surface area contributed by atoms with Gasteiger partial charge in [0.2, 0.25) is 0 Å². The van der Waals surface area contributed by atoms with Gasteiger partial charge < -0.3 is 20.1 Å². The molecule has 11 nitrogen and oxygen atoms in total. The molecule has 3 amide bonds. The van der Waals surface area contributed by atoms with Crippen molar-refractivity contribution in [3.05, 3.63) is 93.5 Å². The molecule has 7 rings (SSSR count). The molecule has 4 aromatic rings. The third-order valence-electron chi connectivity index (χ3n) is 8.31. The summed E-state index contributed by atoms with van der Waals surface area (Å²) in [4.78, 5) is 54.3. The van der Waals surface area contributed by atoms with Gasteiger partial charge in [-0.25, -0.2) is 19.3 Å². The Balaban J connectivity index is 1.11. The van der Waals surface area contributed by atoms with Crippen molar-refractivity contribution in [3.8, 4) is 11.8 Å². The number of aryl methyl sites for hydroxylation is 1. The number of benzene rings is 1. The number of fused-ring (bicyclic) bond motifs is 2. The van der Waals surface area contributed by atoms with Crippen LogP contribution in [0.3, 0.4) is 0 Å². The minimum atomic E-state index is -1.06. The van der Waals surface area contributed by atoms with Crippen molar-refractivity contribution in [1.82, 2.24) is 35.1 Å². The van der Waals surface area contributed by atoms with E-state index in [4.69, 9.17) is 0 Å². The lowest BCUT2D eigenvalue weighted by molar-refractivity contribution is -0.121. The van der Waals surface area contributed by atoms with E-state index in [9.17, 15) is 14.4 Å². The van der Waals surface area contributed by atoms with Crippen molar-refractivity contribution in [2.24, 2.45) is 0 Å². The number of hydrogen-bond acceptors (Lipinski definition) is 8. The number of anilines is 1. The van der Waals surface area contributed by atoms with Gasteiger partial charge in [0.1, 0.15) is 11.5 Å². The average molecular weight is 625 g/mol. The molecular formula is C32H29FN8O3S. The van der Waals surface area contributed by atoms with E-state index in [1.54, 1.807) is 36.1 Å². The molecule has 1 saturated heterocycles. The van der Waals surface area contributed by atoms with E-state index in [0.717, 1.165) is 51.0 Å². The summed E-state index contributed by atoms with van der Waals surface area (Å²) in [6.07, 6.45) is 8.16. The van der Waals surface area contributed by atoms with Crippen LogP contribution >= 0.6 is 11.3 Å². The second-order valence-electron chi connectivity index (χ2n) is 11.2. The Kier molecular flexibility index (Phi) is 7.83. The van der Waals surface area contributed by atoms with Crippen molar-refractivity contribution < 1.29 is 18.8 Å². The maximum Gasteiger partial charge on any atom is 0.270 e. The number of aromatic nitrogens is 4. The fraction of sp³-hybridized carbons (Fsp3) is 0.312. The van der Waals surface area contributed by atoms with E-state index in [2.05, 4.69) is 42.7 Å². The third-order valence-corrected chi connectivity index (χ3v) is 9.00. The lowest BCUT2D eigenvalue weighted by Crippen LogP contribution is -2.42. The van der Waals surface area contributed by atoms with E-state index < -0.39 is 23.7 Å². The van der Waals surface area contributed by atoms with Crippen LogP contribution in [0.4, 0.5) is 9.52 Å². The second-order valence-corrected chi connectivity index (χ2v) is 12.1. The fourth-order valence-corrected chi connectivity index (χ4v) is 6.57. The topological polar surface area (TPSA) is 134 Å². The zero-order chi connectivity index (χ0) is 30.9. The van der Waals surface area contributed by atoms with E-state index in [1.807, 2.05) is 4.57 Å². The van der Waals surface area contributed by atoms with Gasteiger partial charge in [0.15, 0.2) is 11.2 Å². The Bertz CT molecular complexity index is 1840. The van der Waals surface area contributed by atoms with Gasteiger partial charge in [-0.3, -0.25) is 19.7 Å². The van der Waals surface area contributed by atoms with Gasteiger partial charge in [0.25, 0.3) is 17.7 Å². The number of piperidine rings is 1. The monoisotopic (exact) mass is 624 g/mol. The van der Waals surface area contributed by atoms with Crippen LogP contribution in [0.1, 0.15) is 74.2 Å². The Hall–Kier alpha value is -4.93. The van der Waals surface area contributed by atoms with Gasteiger partial charge in [0, 0.05) is 58.3 Å². The highest BCUT2D eigenvalue weighted by Crippen LogP contribution is 2.36. The summed E-state index contributed by atoms with van der Waals surface area (Å²) in [6, 6.07) is 5.19. The average Bonchev–Trinajstić information content (AvgIpc) is 3.85. The Labute approximate surface area is 262 Å². The maximum atomic E-state index is 15.5. The highest BCUT2D eigenvalue weighted by Gasteiger charge is 2.42. The largest absolute Gasteiger partial charge is 0.348 e. The Morgan fingerprint density at radius 3 is 2.73 bits per heavy atom. The number of imidazole rings is 1. The van der Waals surface area contributed by atoms with Crippen molar-refractivity contribution in [3.63, 3.8) is 0 Å². The summed E-state index contributed by atoms with van der Waals surface area (Å²) in [7, 11) is 0. The van der Waals surface area contributed by atoms with Crippen molar-refractivity contribution in [1.29, 1.82) is 0 Å². The van der Waals surface area contributed by atoms with Gasteiger partial charge in [-0.1, -0.05) is 11.8 Å². The quantitative estimate of drug-likeness (QED) is 0.281. The van der Waals surface area contributed by atoms with E-state index in [1.165, 1.54) is 28.5 Å². The van der Waals surface area contributed by atoms with E-state index in [-0.39, 0.29) is 29.6 Å². The highest BCUT2D eigenvalue weighted by atomic mass is 32.1. The normalized spacial score (nSPS) is 16.5. The number of hydrogen-bond donors (Lipinski definition) is 3. The van der Waals surface area contributed by atoms with Gasteiger partial charge in [-0.05, 0) is 63.0 Å². The number of amides is 3. The predicted molar refractivity (Wildman–Crippen MR) is 164 cm³/mol. The number of carbonyl (C=O) groups is 3. The molecule has 228 valence electrons. The van der Waals surface area contributed by atoms with Gasteiger partial charge in [0.05, 0.1) is 18.6 Å². The van der Waals surface area contributed by atoms with Crippen LogP contribution in [0.2, 0.25) is 0 Å². The molecule has 1 aromatic carbocycles. The standard InChI is InChI=1S/C32H29FN8O3S/c33-24-15-20(4-3-19-5-6-25(36-16-19)29(42)38-21-7-9-34-10-8-21)14-22-23(24)17-41(31(22)44)28(30(43)39-32-35-11-13-45-32)27-26-2-1-12-40(26)18-37-27/h5-6,11,13-16,18,21,28,34H,1-2,7-10,12,17H2,(H,38,42)(H,35,39,43)/t28-/m1/s1. The number of halogens is 1. The zero-order valence-electron chi connectivity index (χ0n) is 24.2. The highest BCUT2D eigenvalue weighted by molar-refractivity contribution is 7.13. The number of carbonyl (C=O) groups excluding carboxylic acids is 3. The van der Waals surface area contributed by atoms with Crippen LogP contribution in [0.5, 0.6) is 0 Å². The smallest absolute Gasteiger partial charge is 0.270 e. The minimum Gasteiger partial charge on any atom is -0.348 e. The number of pyridine rings is 1. The van der Waals surface area contributed by atoms with Crippen LogP contribution < -0.4 is 16.0 Å². The van der Waals surface area contributed by atoms with Crippen molar-refractivity contribution >= 4 is 34.2 Å². The molecule has 6 heterocycles. The third kappa shape index (κ3) is 5.82. The first-order valence-corrected chi connectivity index (χ1v) is 15.7. The minimum absolute atomic E-state index is 0.0826. The number of thiazole rings is 1. The zero-order valence-corrected chi connectivity index (χ0v) is 25.0. The maximum absolute atomic E-state index is 15.5. The summed E-state index contributed by atoms with van der Waals surface area (Å²) >= 11 is 1.27. The number of nitrogens with one attached hydrogen (secondary N) is 3. The second kappa shape index (κ2) is 12.2. The fourth-order valence-electron chi connectivity index (χ4n) is 6.04. The van der Waals surface area contributed by atoms with Crippen LogP contribution in [0.15, 0.2) is 48.4 Å². The van der Waals surface area contributed by atoms with Crippen LogP contribution in [-0.4, -0.2) is 61.3 Å². The molecule has 3 aliphatic heterocycles. The first kappa shape index (κ1) is 28.8. The van der Waals surface area contributed by atoms with Crippen LogP contribution in [0, 0.1) is 17.7 Å². The van der Waals surface area contributed by atoms with Gasteiger partial charge in [-0.15, -0.1) is 11.3 Å². The molecular weight excluding hydrogens is 595 g/mol. The Morgan fingerprint density at radius 2 is 1.96 bits per heavy atom. The van der Waals surface area contributed by atoms with Gasteiger partial charge >= 0.3 is 0 Å². The molecule has 3 N–H and O–H groups in total. The molecule has 45 heavy (non-hydrogen) atoms. The van der Waals surface area contributed by atoms with Crippen LogP contribution in [0.25, 0.3) is 0 Å². The molecule has 0 radical (unpaired) electrons. The summed E-state index contributed by atoms with van der Waals surface area (Å²) in [5.41, 5.74) is 2.89. The molecule has 0 aliphatic carbocycles. The molecule has 13 heteroatoms. The van der Waals surface area contributed by atoms with Crippen molar-refractivity contribution in [2.45, 2.75) is 50.9 Å². The lowest BCUT2D eigenvalue weighted by atomic mass is 10.1. The number of rotatable bonds is 6. The first-order chi connectivity index (χ1) is 21.9. The summed E-state index contributed by atoms with van der Waals surface area (Å²) in [6.45, 7) is 2.45. The molecule has 1 atom stereocenters. The summed E-state index contributed by atoms with van der Waals surface area (Å²) in [5.74, 6) is 4.11. The summed E-state index contributed by atoms with van der Waals surface area (Å²) < 4.78 is 17.4. The van der Waals surface area contributed by atoms with Gasteiger partial charge in [-0.2, -0.15) is 0 Å². The molecule has 1 fully saturated rings. The van der Waals surface area contributed by atoms with E-state index in [0.29, 0.717) is 27.6 Å². The van der Waals surface area contributed by atoms with Crippen LogP contribution in [-0.2, 0) is 24.3 Å². The number of nitrogens with zero attached hydrogens (tertiary/aromatic N) is 5. The molecule has 0 saturated carbocycles. The van der Waals surface area contributed by atoms with E-state index >= 15 is 4.39 Å². The summed E-state index contributed by atoms with van der Waals surface area (Å²) in [5, 5.41) is 11.2. The lowest BCUT2D eigenvalue weighted by Gasteiger charge is -2.26. The molecule has 0 bridgehead atoms. The molecule has 0 unspecified atom stereocenters. The predicted octanol–water partition coefficient (Wildman–Crippen LogP) is 3.04. The van der Waals surface area contributed by atoms with Crippen molar-refractivity contribution in [2.75, 3.05) is 18.4 Å². The Morgan fingerprint density at radius 1 is 1.11 bits per heavy atom. The SMILES string of the molecule is O=C(NC1CCNCC1)c1ccc(C#Cc2cc(F)c3c(c2)C(=O)N([C@@H](C(=O)Nc2nccs2)c2ncn4c2CCC4)C3)cn1. The molecule has 3 aromatic heterocycles. The first-order valence-electron chi connectivity index (χ1n) is 14.8.